The fraction of sp³-hybridized carbons (Fsp3) is 0.577. The summed E-state index contributed by atoms with van der Waals surface area (Å²) >= 11 is 0. The first-order valence-electron chi connectivity index (χ1n) is 11.6. The van der Waals surface area contributed by atoms with Gasteiger partial charge in [0.05, 0.1) is 12.2 Å². The molecule has 0 saturated heterocycles. The van der Waals surface area contributed by atoms with Crippen molar-refractivity contribution >= 4 is 5.91 Å². The summed E-state index contributed by atoms with van der Waals surface area (Å²) in [6.45, 7) is 5.64. The zero-order chi connectivity index (χ0) is 21.5. The van der Waals surface area contributed by atoms with E-state index in [2.05, 4.69) is 6.08 Å². The fourth-order valence-electron chi connectivity index (χ4n) is 5.15. The molecule has 0 bridgehead atoms. The van der Waals surface area contributed by atoms with Gasteiger partial charge in [0.15, 0.2) is 0 Å². The Morgan fingerprint density at radius 1 is 1.20 bits per heavy atom. The van der Waals surface area contributed by atoms with Gasteiger partial charge in [0, 0.05) is 25.4 Å². The lowest BCUT2D eigenvalue weighted by molar-refractivity contribution is -0.130. The van der Waals surface area contributed by atoms with Gasteiger partial charge in [-0.15, -0.1) is 0 Å². The van der Waals surface area contributed by atoms with Gasteiger partial charge in [-0.05, 0) is 63.4 Å². The molecule has 0 spiro atoms. The number of benzene rings is 1. The summed E-state index contributed by atoms with van der Waals surface area (Å²) in [6.07, 6.45) is 10.8. The molecule has 30 heavy (non-hydrogen) atoms. The number of carbonyl (C=O) groups is 1. The maximum Gasteiger partial charge on any atom is 0.222 e. The van der Waals surface area contributed by atoms with Crippen LogP contribution in [0.4, 0.5) is 0 Å². The molecule has 0 aliphatic heterocycles. The predicted molar refractivity (Wildman–Crippen MR) is 121 cm³/mol. The van der Waals surface area contributed by atoms with Crippen LogP contribution < -0.4 is 0 Å². The summed E-state index contributed by atoms with van der Waals surface area (Å²) in [6, 6.07) is 9.63. The van der Waals surface area contributed by atoms with Crippen LogP contribution in [0.25, 0.3) is 0 Å². The third-order valence-corrected chi connectivity index (χ3v) is 6.86. The molecule has 4 heteroatoms. The Labute approximate surface area is 181 Å². The Morgan fingerprint density at radius 3 is 2.63 bits per heavy atom. The van der Waals surface area contributed by atoms with Gasteiger partial charge in [0.1, 0.15) is 0 Å². The van der Waals surface area contributed by atoms with Crippen LogP contribution >= 0.6 is 0 Å². The van der Waals surface area contributed by atoms with Crippen LogP contribution in [0.15, 0.2) is 54.1 Å². The summed E-state index contributed by atoms with van der Waals surface area (Å²) in [5.74, 6) is 1.25. The van der Waals surface area contributed by atoms with Crippen molar-refractivity contribution in [3.63, 3.8) is 0 Å². The van der Waals surface area contributed by atoms with E-state index in [9.17, 15) is 15.0 Å². The normalized spacial score (nSPS) is 26.6. The molecule has 1 aromatic rings. The van der Waals surface area contributed by atoms with Crippen molar-refractivity contribution in [2.75, 3.05) is 13.1 Å². The van der Waals surface area contributed by atoms with Gasteiger partial charge in [-0.1, -0.05) is 54.1 Å². The Kier molecular flexibility index (Phi) is 8.29. The van der Waals surface area contributed by atoms with E-state index in [1.54, 1.807) is 0 Å². The first kappa shape index (κ1) is 22.8. The second-order valence-corrected chi connectivity index (χ2v) is 8.75. The molecule has 1 fully saturated rings. The zero-order valence-electron chi connectivity index (χ0n) is 18.4. The van der Waals surface area contributed by atoms with Gasteiger partial charge in [0.2, 0.25) is 5.91 Å². The van der Waals surface area contributed by atoms with E-state index in [1.807, 2.05) is 61.2 Å². The van der Waals surface area contributed by atoms with Crippen molar-refractivity contribution in [2.45, 2.75) is 64.6 Å². The van der Waals surface area contributed by atoms with Crippen LogP contribution in [0.1, 0.15) is 64.0 Å². The molecule has 2 aliphatic rings. The number of hydrogen-bond donors (Lipinski definition) is 2. The van der Waals surface area contributed by atoms with Crippen molar-refractivity contribution in [2.24, 2.45) is 17.8 Å². The molecule has 2 N–H and O–H groups in total. The van der Waals surface area contributed by atoms with Crippen LogP contribution in [0.3, 0.4) is 0 Å². The summed E-state index contributed by atoms with van der Waals surface area (Å²) in [5.41, 5.74) is 2.36. The molecule has 0 radical (unpaired) electrons. The molecule has 0 unspecified atom stereocenters. The van der Waals surface area contributed by atoms with Crippen molar-refractivity contribution in [3.8, 4) is 0 Å². The largest absolute Gasteiger partial charge is 0.392 e. The Hall–Kier alpha value is -1.91. The van der Waals surface area contributed by atoms with E-state index in [0.29, 0.717) is 18.3 Å². The zero-order valence-corrected chi connectivity index (χ0v) is 18.4. The highest BCUT2D eigenvalue weighted by Crippen LogP contribution is 2.48. The third-order valence-electron chi connectivity index (χ3n) is 6.86. The van der Waals surface area contributed by atoms with Crippen molar-refractivity contribution in [1.82, 2.24) is 4.90 Å². The fourth-order valence-corrected chi connectivity index (χ4v) is 5.15. The predicted octanol–water partition coefficient (Wildman–Crippen LogP) is 4.65. The van der Waals surface area contributed by atoms with Gasteiger partial charge >= 0.3 is 0 Å². The van der Waals surface area contributed by atoms with Crippen LogP contribution in [0.2, 0.25) is 0 Å². The molecule has 1 amide bonds. The summed E-state index contributed by atoms with van der Waals surface area (Å²) in [5, 5.41) is 20.9. The van der Waals surface area contributed by atoms with E-state index < -0.39 is 6.10 Å². The van der Waals surface area contributed by atoms with E-state index in [1.165, 1.54) is 5.57 Å². The number of carbonyl (C=O) groups excluding carboxylic acids is 1. The van der Waals surface area contributed by atoms with E-state index in [0.717, 1.165) is 50.8 Å². The number of hydrogen-bond acceptors (Lipinski definition) is 3. The van der Waals surface area contributed by atoms with Gasteiger partial charge in [-0.3, -0.25) is 4.79 Å². The third kappa shape index (κ3) is 5.61. The average molecular weight is 412 g/mol. The monoisotopic (exact) mass is 411 g/mol. The molecular weight excluding hydrogens is 374 g/mol. The smallest absolute Gasteiger partial charge is 0.222 e. The molecular formula is C26H37NO3. The molecule has 4 nitrogen and oxygen atoms in total. The number of fused-ring (bicyclic) bond motifs is 1. The molecule has 5 atom stereocenters. The van der Waals surface area contributed by atoms with Gasteiger partial charge in [0.25, 0.3) is 0 Å². The number of aliphatic hydroxyl groups excluding tert-OH is 2. The number of aliphatic hydroxyl groups is 2. The molecule has 0 heterocycles. The molecule has 0 aromatic heterocycles. The molecule has 1 saturated carbocycles. The van der Waals surface area contributed by atoms with Crippen LogP contribution in [-0.2, 0) is 4.79 Å². The highest BCUT2D eigenvalue weighted by Gasteiger charge is 2.43. The highest BCUT2D eigenvalue weighted by atomic mass is 16.3. The second kappa shape index (κ2) is 10.9. The minimum absolute atomic E-state index is 0.103. The summed E-state index contributed by atoms with van der Waals surface area (Å²) in [4.78, 5) is 14.0. The van der Waals surface area contributed by atoms with Crippen LogP contribution in [0, 0.1) is 17.8 Å². The summed E-state index contributed by atoms with van der Waals surface area (Å²) in [7, 11) is 0. The van der Waals surface area contributed by atoms with Gasteiger partial charge in [-0.25, -0.2) is 0 Å². The molecule has 164 valence electrons. The maximum atomic E-state index is 12.1. The summed E-state index contributed by atoms with van der Waals surface area (Å²) < 4.78 is 0. The van der Waals surface area contributed by atoms with Crippen molar-refractivity contribution in [1.29, 1.82) is 0 Å². The molecule has 1 aromatic carbocycles. The molecule has 3 rings (SSSR count). The van der Waals surface area contributed by atoms with Gasteiger partial charge < -0.3 is 15.1 Å². The lowest BCUT2D eigenvalue weighted by atomic mass is 9.88. The van der Waals surface area contributed by atoms with Crippen molar-refractivity contribution in [3.05, 3.63) is 59.7 Å². The second-order valence-electron chi connectivity index (χ2n) is 8.75. The quantitative estimate of drug-likeness (QED) is 0.435. The first-order chi connectivity index (χ1) is 14.5. The number of allylic oxidation sites excluding steroid dienone is 2. The van der Waals surface area contributed by atoms with Crippen molar-refractivity contribution < 1.29 is 15.0 Å². The lowest BCUT2D eigenvalue weighted by Gasteiger charge is -2.19. The number of unbranched alkanes of at least 4 members (excludes halogenated alkanes) is 1. The van der Waals surface area contributed by atoms with E-state index in [4.69, 9.17) is 0 Å². The SMILES string of the molecule is CCN(CC)C(=O)CCCCC1=C[C@H]2C[C@@H](O)[C@H](/C=C/[C@@H](O)c3ccccc3)[C@H]2C1. The van der Waals surface area contributed by atoms with Crippen LogP contribution in [0.5, 0.6) is 0 Å². The van der Waals surface area contributed by atoms with E-state index >= 15 is 0 Å². The Morgan fingerprint density at radius 2 is 1.93 bits per heavy atom. The number of amides is 1. The minimum Gasteiger partial charge on any atom is -0.392 e. The highest BCUT2D eigenvalue weighted by molar-refractivity contribution is 5.76. The van der Waals surface area contributed by atoms with Crippen LogP contribution in [-0.4, -0.2) is 40.2 Å². The topological polar surface area (TPSA) is 60.8 Å². The number of rotatable bonds is 10. The number of nitrogens with zero attached hydrogens (tertiary/aromatic N) is 1. The Balaban J connectivity index is 1.47. The minimum atomic E-state index is -0.630. The molecule has 2 aliphatic carbocycles. The standard InChI is InChI=1S/C26H37NO3/c1-3-27(4-2)26(30)13-9-8-10-19-16-21-18-25(29)22(23(21)17-19)14-15-24(28)20-11-6-5-7-12-20/h5-7,11-12,14-16,21-25,28-29H,3-4,8-10,13,17-18H2,1-2H3/b15-14+/t21-,22+,23-,24+,25+/m0/s1. The average Bonchev–Trinajstić information content (AvgIpc) is 3.27. The lowest BCUT2D eigenvalue weighted by Crippen LogP contribution is -2.30. The van der Waals surface area contributed by atoms with E-state index in [-0.39, 0.29) is 17.9 Å². The maximum absolute atomic E-state index is 12.1. The van der Waals surface area contributed by atoms with Gasteiger partial charge in [-0.2, -0.15) is 0 Å². The first-order valence-corrected chi connectivity index (χ1v) is 11.6. The Bertz CT molecular complexity index is 738.